The molecule has 162 valence electrons. The summed E-state index contributed by atoms with van der Waals surface area (Å²) in [7, 11) is 0. The van der Waals surface area contributed by atoms with Gasteiger partial charge >= 0.3 is 0 Å². The van der Waals surface area contributed by atoms with Crippen LogP contribution in [0.4, 0.5) is 0 Å². The van der Waals surface area contributed by atoms with Gasteiger partial charge in [0.25, 0.3) is 0 Å². The molecule has 0 amide bonds. The van der Waals surface area contributed by atoms with Crippen molar-refractivity contribution in [2.45, 2.75) is 70.2 Å². The smallest absolute Gasteiger partial charge is 0.158 e. The molecule has 1 fully saturated rings. The summed E-state index contributed by atoms with van der Waals surface area (Å²) in [6, 6.07) is 6.07. The Kier molecular flexibility index (Phi) is 7.71. The molecule has 1 heterocycles. The van der Waals surface area contributed by atoms with Crippen LogP contribution < -0.4 is 4.74 Å². The molecule has 6 atom stereocenters. The van der Waals surface area contributed by atoms with Gasteiger partial charge in [0.2, 0.25) is 0 Å². The molecule has 0 aromatic heterocycles. The molecule has 3 N–H and O–H groups in total. The topological polar surface area (TPSA) is 87.0 Å². The van der Waals surface area contributed by atoms with Crippen LogP contribution in [0.25, 0.3) is 0 Å². The van der Waals surface area contributed by atoms with Crippen LogP contribution in [-0.4, -0.2) is 46.0 Å². The quantitative estimate of drug-likeness (QED) is 0.429. The molecule has 0 radical (unpaired) electrons. The van der Waals surface area contributed by atoms with Gasteiger partial charge in [-0.15, -0.1) is 11.8 Å². The first-order valence-corrected chi connectivity index (χ1v) is 10.8. The van der Waals surface area contributed by atoms with Crippen molar-refractivity contribution in [3.63, 3.8) is 0 Å². The summed E-state index contributed by atoms with van der Waals surface area (Å²) in [6.07, 6.45) is 5.49. The van der Waals surface area contributed by atoms with E-state index in [0.717, 1.165) is 16.9 Å². The maximum Gasteiger partial charge on any atom is 0.158 e. The number of hydrogen-bond acceptors (Lipinski definition) is 5. The maximum atomic E-state index is 11.4. The zero-order valence-electron chi connectivity index (χ0n) is 17.8. The Morgan fingerprint density at radius 1 is 1.40 bits per heavy atom. The highest BCUT2D eigenvalue weighted by Crippen LogP contribution is 2.52. The number of rotatable bonds is 9. The number of benzene rings is 1. The van der Waals surface area contributed by atoms with Gasteiger partial charge in [0, 0.05) is 36.7 Å². The Morgan fingerprint density at radius 2 is 2.20 bits per heavy atom. The molecule has 0 unspecified atom stereocenters. The van der Waals surface area contributed by atoms with Crippen LogP contribution in [0.2, 0.25) is 0 Å². The average Bonchev–Trinajstić information content (AvgIpc) is 3.25. The Bertz CT molecular complexity index is 834. The monoisotopic (exact) mass is 412 g/mol. The van der Waals surface area contributed by atoms with Crippen molar-refractivity contribution in [2.75, 3.05) is 6.61 Å². The minimum absolute atomic E-state index is 0.0309. The largest absolute Gasteiger partial charge is 0.489 e. The SMILES string of the molecule is CC#CC[C@H](C)[C@H](O)/C=C/[C@@H]1[C@H]2c3cccc(CCCC(=O)CO)c3O[C@H]2C[C@H]1O. The van der Waals surface area contributed by atoms with E-state index in [-0.39, 0.29) is 29.6 Å². The zero-order chi connectivity index (χ0) is 21.7. The van der Waals surface area contributed by atoms with Gasteiger partial charge < -0.3 is 20.1 Å². The summed E-state index contributed by atoms with van der Waals surface area (Å²) in [5.41, 5.74) is 2.16. The predicted octanol–water partition coefficient (Wildman–Crippen LogP) is 2.76. The Hall–Kier alpha value is -2.13. The third-order valence-electron chi connectivity index (χ3n) is 6.28. The second kappa shape index (κ2) is 10.3. The molecule has 1 saturated carbocycles. The van der Waals surface area contributed by atoms with Gasteiger partial charge in [0.1, 0.15) is 18.5 Å². The number of para-hydroxylation sites is 1. The van der Waals surface area contributed by atoms with Crippen molar-refractivity contribution in [2.24, 2.45) is 11.8 Å². The molecule has 1 aromatic carbocycles. The first-order valence-electron chi connectivity index (χ1n) is 10.8. The molecule has 3 rings (SSSR count). The van der Waals surface area contributed by atoms with Crippen LogP contribution in [0.3, 0.4) is 0 Å². The molecule has 0 bridgehead atoms. The summed E-state index contributed by atoms with van der Waals surface area (Å²) in [6.45, 7) is 3.35. The van der Waals surface area contributed by atoms with Crippen LogP contribution in [0.15, 0.2) is 30.4 Å². The lowest BCUT2D eigenvalue weighted by Gasteiger charge is -2.19. The summed E-state index contributed by atoms with van der Waals surface area (Å²) >= 11 is 0. The van der Waals surface area contributed by atoms with Gasteiger partial charge in [-0.25, -0.2) is 0 Å². The normalized spacial score (nSPS) is 26.4. The van der Waals surface area contributed by atoms with Gasteiger partial charge in [-0.1, -0.05) is 37.3 Å². The van der Waals surface area contributed by atoms with Crippen molar-refractivity contribution in [3.05, 3.63) is 41.5 Å². The van der Waals surface area contributed by atoms with E-state index in [4.69, 9.17) is 9.84 Å². The lowest BCUT2D eigenvalue weighted by Crippen LogP contribution is -2.19. The number of ketones is 1. The molecule has 30 heavy (non-hydrogen) atoms. The fourth-order valence-electron chi connectivity index (χ4n) is 4.54. The Balaban J connectivity index is 1.73. The second-order valence-electron chi connectivity index (χ2n) is 8.43. The molecule has 1 aliphatic carbocycles. The highest BCUT2D eigenvalue weighted by molar-refractivity contribution is 5.79. The van der Waals surface area contributed by atoms with Crippen molar-refractivity contribution >= 4 is 5.78 Å². The number of carbonyl (C=O) groups is 1. The zero-order valence-corrected chi connectivity index (χ0v) is 17.8. The van der Waals surface area contributed by atoms with E-state index in [1.54, 1.807) is 13.0 Å². The van der Waals surface area contributed by atoms with Crippen LogP contribution in [0, 0.1) is 23.7 Å². The minimum atomic E-state index is -0.603. The molecule has 1 aromatic rings. The number of ether oxygens (including phenoxy) is 1. The van der Waals surface area contributed by atoms with E-state index in [9.17, 15) is 15.0 Å². The lowest BCUT2D eigenvalue weighted by molar-refractivity contribution is -0.121. The molecule has 1 aliphatic heterocycles. The molecular formula is C25H32O5. The molecule has 5 heteroatoms. The lowest BCUT2D eigenvalue weighted by atomic mass is 9.86. The van der Waals surface area contributed by atoms with Crippen LogP contribution in [0.5, 0.6) is 5.75 Å². The summed E-state index contributed by atoms with van der Waals surface area (Å²) in [5.74, 6) is 6.57. The van der Waals surface area contributed by atoms with Crippen molar-refractivity contribution < 1.29 is 24.9 Å². The number of aliphatic hydroxyl groups is 3. The number of hydrogen-bond donors (Lipinski definition) is 3. The van der Waals surface area contributed by atoms with Crippen LogP contribution in [-0.2, 0) is 11.2 Å². The number of Topliss-reactive ketones (excluding diaryl/α,β-unsaturated/α-hetero) is 1. The standard InChI is InChI=1S/C25H32O5/c1-3-4-7-16(2)21(28)13-12-19-22(29)14-23-24(19)20-11-6-9-17(25(20)30-23)8-5-10-18(27)15-26/h6,9,11-13,16,19,21-24,26,28-29H,5,7-8,10,14-15H2,1-2H3/b13-12+/t16-,19-,21+,22+,23-,24-/m0/s1. The number of aliphatic hydroxyl groups excluding tert-OH is 3. The molecule has 0 spiro atoms. The minimum Gasteiger partial charge on any atom is -0.489 e. The molecule has 5 nitrogen and oxygen atoms in total. The average molecular weight is 413 g/mol. The van der Waals surface area contributed by atoms with Crippen molar-refractivity contribution in [3.8, 4) is 17.6 Å². The van der Waals surface area contributed by atoms with Gasteiger partial charge in [-0.2, -0.15) is 0 Å². The van der Waals surface area contributed by atoms with E-state index in [1.165, 1.54) is 0 Å². The van der Waals surface area contributed by atoms with Crippen molar-refractivity contribution in [1.29, 1.82) is 0 Å². The highest BCUT2D eigenvalue weighted by atomic mass is 16.5. The highest BCUT2D eigenvalue weighted by Gasteiger charge is 2.48. The Labute approximate surface area is 178 Å². The molecule has 2 aliphatic rings. The molecule has 0 saturated heterocycles. The van der Waals surface area contributed by atoms with E-state index >= 15 is 0 Å². The number of carbonyl (C=O) groups excluding carboxylic acids is 1. The third kappa shape index (κ3) is 4.95. The maximum absolute atomic E-state index is 11.4. The number of fused-ring (bicyclic) bond motifs is 3. The fraction of sp³-hybridized carbons (Fsp3) is 0.560. The van der Waals surface area contributed by atoms with Crippen molar-refractivity contribution in [1.82, 2.24) is 0 Å². The van der Waals surface area contributed by atoms with E-state index in [2.05, 4.69) is 17.9 Å². The summed E-state index contributed by atoms with van der Waals surface area (Å²) < 4.78 is 6.24. The molecular weight excluding hydrogens is 380 g/mol. The first kappa shape index (κ1) is 22.6. The first-order chi connectivity index (χ1) is 14.5. The fourth-order valence-corrected chi connectivity index (χ4v) is 4.54. The van der Waals surface area contributed by atoms with Gasteiger partial charge in [-0.05, 0) is 31.2 Å². The summed E-state index contributed by atoms with van der Waals surface area (Å²) in [4.78, 5) is 11.4. The van der Waals surface area contributed by atoms with Crippen LogP contribution in [0.1, 0.15) is 56.6 Å². The van der Waals surface area contributed by atoms with Gasteiger partial charge in [-0.3, -0.25) is 4.79 Å². The van der Waals surface area contributed by atoms with Gasteiger partial charge in [0.15, 0.2) is 5.78 Å². The second-order valence-corrected chi connectivity index (χ2v) is 8.43. The third-order valence-corrected chi connectivity index (χ3v) is 6.28. The predicted molar refractivity (Wildman–Crippen MR) is 115 cm³/mol. The van der Waals surface area contributed by atoms with E-state index in [0.29, 0.717) is 32.1 Å². The van der Waals surface area contributed by atoms with E-state index < -0.39 is 18.8 Å². The number of aryl methyl sites for hydroxylation is 1. The van der Waals surface area contributed by atoms with Crippen LogP contribution >= 0.6 is 0 Å². The Morgan fingerprint density at radius 3 is 2.93 bits per heavy atom. The van der Waals surface area contributed by atoms with Gasteiger partial charge in [0.05, 0.1) is 12.2 Å². The van der Waals surface area contributed by atoms with E-state index in [1.807, 2.05) is 25.1 Å². The summed E-state index contributed by atoms with van der Waals surface area (Å²) in [5, 5.41) is 29.9.